The largest absolute Gasteiger partial charge is 0.397 e. The van der Waals surface area contributed by atoms with Crippen molar-refractivity contribution in [3.8, 4) is 0 Å². The van der Waals surface area contributed by atoms with Crippen molar-refractivity contribution in [1.82, 2.24) is 4.98 Å². The van der Waals surface area contributed by atoms with Crippen molar-refractivity contribution in [3.05, 3.63) is 29.6 Å². The van der Waals surface area contributed by atoms with Crippen molar-refractivity contribution in [2.24, 2.45) is 5.73 Å². The number of aromatic nitrogens is 1. The van der Waals surface area contributed by atoms with Gasteiger partial charge in [-0.2, -0.15) is 8.42 Å². The van der Waals surface area contributed by atoms with E-state index in [1.54, 1.807) is 25.3 Å². The zero-order chi connectivity index (χ0) is 12.8. The van der Waals surface area contributed by atoms with E-state index in [0.29, 0.717) is 11.3 Å². The summed E-state index contributed by atoms with van der Waals surface area (Å²) in [4.78, 5) is 14.5. The van der Waals surface area contributed by atoms with E-state index in [9.17, 15) is 13.2 Å². The molecule has 0 atom stereocenters. The molecule has 0 spiro atoms. The fourth-order valence-electron chi connectivity index (χ4n) is 0.745. The van der Waals surface area contributed by atoms with E-state index in [2.05, 4.69) is 9.17 Å². The smallest absolute Gasteiger partial charge is 0.366 e. The summed E-state index contributed by atoms with van der Waals surface area (Å²) in [6.45, 7) is 1.75. The molecule has 90 valence electrons. The first kappa shape index (κ1) is 14.5. The highest BCUT2D eigenvalue weighted by atomic mass is 32.3. The van der Waals surface area contributed by atoms with Crippen LogP contribution in [0, 0.1) is 6.92 Å². The van der Waals surface area contributed by atoms with Crippen LogP contribution < -0.4 is 5.73 Å². The number of hydrogen-bond acceptors (Lipinski definition) is 5. The van der Waals surface area contributed by atoms with Gasteiger partial charge in [0.25, 0.3) is 5.91 Å². The molecule has 1 amide bonds. The molecule has 1 aromatic rings. The third-order valence-electron chi connectivity index (χ3n) is 1.48. The second kappa shape index (κ2) is 6.16. The third-order valence-corrected chi connectivity index (χ3v) is 1.90. The molecule has 3 N–H and O–H groups in total. The van der Waals surface area contributed by atoms with Crippen molar-refractivity contribution in [2.45, 2.75) is 6.92 Å². The lowest BCUT2D eigenvalue weighted by atomic mass is 10.2. The molecule has 7 nitrogen and oxygen atoms in total. The zero-order valence-corrected chi connectivity index (χ0v) is 9.56. The van der Waals surface area contributed by atoms with Crippen LogP contribution in [0.15, 0.2) is 18.3 Å². The van der Waals surface area contributed by atoms with Crippen LogP contribution in [0.4, 0.5) is 0 Å². The van der Waals surface area contributed by atoms with Crippen LogP contribution in [0.5, 0.6) is 0 Å². The van der Waals surface area contributed by atoms with Crippen LogP contribution in [-0.2, 0) is 14.6 Å². The van der Waals surface area contributed by atoms with Crippen LogP contribution in [-0.4, -0.2) is 31.0 Å². The molecule has 1 aromatic heterocycles. The molecule has 0 unspecified atom stereocenters. The van der Waals surface area contributed by atoms with Crippen molar-refractivity contribution in [2.75, 3.05) is 7.11 Å². The quantitative estimate of drug-likeness (QED) is 0.706. The SMILES string of the molecule is COS(=O)(=O)O.Cc1ncccc1C(N)=O. The Morgan fingerprint density at radius 3 is 2.31 bits per heavy atom. The van der Waals surface area contributed by atoms with E-state index >= 15 is 0 Å². The van der Waals surface area contributed by atoms with Crippen LogP contribution in [0.25, 0.3) is 0 Å². The standard InChI is InChI=1S/C7H8N2O.CH4O4S/c1-5-6(7(8)10)3-2-4-9-5;1-5-6(2,3)4/h2-4H,1H3,(H2,8,10);1H3,(H,2,3,4). The molecule has 0 aliphatic heterocycles. The van der Waals surface area contributed by atoms with E-state index in [0.717, 1.165) is 7.11 Å². The first-order valence-electron chi connectivity index (χ1n) is 4.02. The Bertz CT molecular complexity index is 457. The average molecular weight is 248 g/mol. The highest BCUT2D eigenvalue weighted by Gasteiger charge is 2.02. The summed E-state index contributed by atoms with van der Waals surface area (Å²) in [5.74, 6) is -0.425. The molecule has 1 rings (SSSR count). The number of aryl methyl sites for hydroxylation is 1. The minimum absolute atomic E-state index is 0.425. The predicted octanol–water partition coefficient (Wildman–Crippen LogP) is -0.0755. The summed E-state index contributed by atoms with van der Waals surface area (Å²) in [5, 5.41) is 0. The summed E-state index contributed by atoms with van der Waals surface area (Å²) in [7, 11) is -3.29. The van der Waals surface area contributed by atoms with Crippen molar-refractivity contribution in [3.63, 3.8) is 0 Å². The fourth-order valence-corrected chi connectivity index (χ4v) is 0.745. The Morgan fingerprint density at radius 1 is 1.56 bits per heavy atom. The number of nitrogens with zero attached hydrogens (tertiary/aromatic N) is 1. The molecule has 0 aliphatic carbocycles. The van der Waals surface area contributed by atoms with Gasteiger partial charge in [-0.25, -0.2) is 0 Å². The van der Waals surface area contributed by atoms with Gasteiger partial charge in [-0.3, -0.25) is 18.5 Å². The molecule has 0 radical (unpaired) electrons. The summed E-state index contributed by atoms with van der Waals surface area (Å²) in [6.07, 6.45) is 1.63. The monoisotopic (exact) mass is 248 g/mol. The highest BCUT2D eigenvalue weighted by Crippen LogP contribution is 2.00. The number of nitrogens with two attached hydrogens (primary N) is 1. The highest BCUT2D eigenvalue weighted by molar-refractivity contribution is 7.80. The first-order valence-corrected chi connectivity index (χ1v) is 5.39. The maximum atomic E-state index is 10.6. The lowest BCUT2D eigenvalue weighted by Gasteiger charge is -1.96. The molecule has 16 heavy (non-hydrogen) atoms. The number of hydrogen-bond donors (Lipinski definition) is 2. The lowest BCUT2D eigenvalue weighted by molar-refractivity contribution is 0.0999. The second-order valence-corrected chi connectivity index (χ2v) is 3.78. The topological polar surface area (TPSA) is 120 Å². The molecule has 0 bridgehead atoms. The van der Waals surface area contributed by atoms with Gasteiger partial charge < -0.3 is 5.73 Å². The average Bonchev–Trinajstić information content (AvgIpc) is 2.18. The van der Waals surface area contributed by atoms with Gasteiger partial charge in [0, 0.05) is 11.9 Å². The van der Waals surface area contributed by atoms with Crippen LogP contribution in [0.1, 0.15) is 16.1 Å². The minimum Gasteiger partial charge on any atom is -0.366 e. The Kier molecular flexibility index (Phi) is 5.57. The molecule has 8 heteroatoms. The number of pyridine rings is 1. The van der Waals surface area contributed by atoms with Gasteiger partial charge in [-0.15, -0.1) is 0 Å². The maximum absolute atomic E-state index is 10.6. The van der Waals surface area contributed by atoms with E-state index in [1.807, 2.05) is 0 Å². The maximum Gasteiger partial charge on any atom is 0.397 e. The van der Waals surface area contributed by atoms with Gasteiger partial charge in [0.1, 0.15) is 0 Å². The van der Waals surface area contributed by atoms with Gasteiger partial charge in [0.2, 0.25) is 0 Å². The van der Waals surface area contributed by atoms with E-state index in [4.69, 9.17) is 10.3 Å². The van der Waals surface area contributed by atoms with Crippen molar-refractivity contribution < 1.29 is 21.9 Å². The summed E-state index contributed by atoms with van der Waals surface area (Å²) in [6, 6.07) is 3.34. The number of rotatable bonds is 2. The Balaban J connectivity index is 0.000000325. The Morgan fingerprint density at radius 2 is 2.06 bits per heavy atom. The molecule has 0 aliphatic rings. The summed E-state index contributed by atoms with van der Waals surface area (Å²) < 4.78 is 29.7. The lowest BCUT2D eigenvalue weighted by Crippen LogP contribution is -2.12. The van der Waals surface area contributed by atoms with Gasteiger partial charge in [0.05, 0.1) is 12.7 Å². The van der Waals surface area contributed by atoms with Gasteiger partial charge in [-0.05, 0) is 19.1 Å². The molecule has 0 fully saturated rings. The first-order chi connectivity index (χ1) is 7.28. The Hall–Kier alpha value is -1.51. The molecule has 0 saturated heterocycles. The summed E-state index contributed by atoms with van der Waals surface area (Å²) >= 11 is 0. The zero-order valence-electron chi connectivity index (χ0n) is 8.75. The molecule has 0 saturated carbocycles. The van der Waals surface area contributed by atoms with E-state index in [1.165, 1.54) is 0 Å². The number of primary amides is 1. The van der Waals surface area contributed by atoms with Crippen LogP contribution in [0.3, 0.4) is 0 Å². The van der Waals surface area contributed by atoms with E-state index < -0.39 is 16.3 Å². The van der Waals surface area contributed by atoms with Crippen LogP contribution in [0.2, 0.25) is 0 Å². The van der Waals surface area contributed by atoms with Gasteiger partial charge in [0.15, 0.2) is 0 Å². The predicted molar refractivity (Wildman–Crippen MR) is 56.0 cm³/mol. The molecule has 1 heterocycles. The van der Waals surface area contributed by atoms with E-state index in [-0.39, 0.29) is 0 Å². The number of carbonyl (C=O) groups excluding carboxylic acids is 1. The normalized spacial score (nSPS) is 10.2. The van der Waals surface area contributed by atoms with Crippen molar-refractivity contribution >= 4 is 16.3 Å². The van der Waals surface area contributed by atoms with Crippen molar-refractivity contribution in [1.29, 1.82) is 0 Å². The number of carbonyl (C=O) groups is 1. The molecule has 0 aromatic carbocycles. The van der Waals surface area contributed by atoms with Gasteiger partial charge >= 0.3 is 10.4 Å². The third kappa shape index (κ3) is 6.06. The van der Waals surface area contributed by atoms with Crippen LogP contribution >= 0.6 is 0 Å². The molecular weight excluding hydrogens is 236 g/mol. The number of amides is 1. The van der Waals surface area contributed by atoms with Gasteiger partial charge in [-0.1, -0.05) is 0 Å². The Labute approximate surface area is 93.2 Å². The molecular formula is C8H12N2O5S. The minimum atomic E-state index is -4.16. The fraction of sp³-hybridized carbons (Fsp3) is 0.250. The second-order valence-electron chi connectivity index (χ2n) is 2.60. The summed E-state index contributed by atoms with van der Waals surface area (Å²) in [5.41, 5.74) is 6.20.